The summed E-state index contributed by atoms with van der Waals surface area (Å²) in [7, 11) is 0. The van der Waals surface area contributed by atoms with Gasteiger partial charge in [-0.25, -0.2) is 13.6 Å². The van der Waals surface area contributed by atoms with E-state index in [2.05, 4.69) is 25.5 Å². The molecule has 0 radical (unpaired) electrons. The summed E-state index contributed by atoms with van der Waals surface area (Å²) < 4.78 is 40.0. The predicted molar refractivity (Wildman–Crippen MR) is 110 cm³/mol. The maximum absolute atomic E-state index is 14.7. The molecule has 1 saturated heterocycles. The van der Waals surface area contributed by atoms with E-state index in [0.717, 1.165) is 10.6 Å². The maximum Gasteiger partial charge on any atom is 0.410 e. The summed E-state index contributed by atoms with van der Waals surface area (Å²) >= 11 is 0. The number of hydrogen-bond donors (Lipinski definition) is 2. The first-order chi connectivity index (χ1) is 14.4. The smallest absolute Gasteiger partial charge is 0.410 e. The quantitative estimate of drug-likeness (QED) is 0.724. The number of likely N-dealkylation sites (tertiary alicyclic amines) is 1. The Kier molecular flexibility index (Phi) is 6.33. The molecule has 1 amide bonds. The number of ether oxygens (including phenoxy) is 2. The highest BCUT2D eigenvalue weighted by Gasteiger charge is 2.48. The largest absolute Gasteiger partial charge is 0.467 e. The molecule has 31 heavy (non-hydrogen) atoms. The van der Waals surface area contributed by atoms with Gasteiger partial charge in [-0.1, -0.05) is 13.8 Å². The third-order valence-corrected chi connectivity index (χ3v) is 4.54. The van der Waals surface area contributed by atoms with Gasteiger partial charge in [-0.3, -0.25) is 10.1 Å². The van der Waals surface area contributed by atoms with E-state index >= 15 is 0 Å². The van der Waals surface area contributed by atoms with Crippen LogP contribution in [0.5, 0.6) is 5.88 Å². The van der Waals surface area contributed by atoms with Crippen LogP contribution in [-0.2, 0) is 4.74 Å². The molecule has 2 aromatic heterocycles. The number of H-pyrrole nitrogens is 1. The number of nitrogens with zero attached hydrogens (tertiary/aromatic N) is 4. The van der Waals surface area contributed by atoms with Gasteiger partial charge in [-0.05, 0) is 26.7 Å². The highest BCUT2D eigenvalue weighted by atomic mass is 19.3. The molecule has 3 rings (SSSR count). The summed E-state index contributed by atoms with van der Waals surface area (Å²) in [6, 6.07) is 1.83. The molecule has 0 aromatic carbocycles. The second kappa shape index (κ2) is 8.64. The van der Waals surface area contributed by atoms with Crippen LogP contribution in [0.25, 0.3) is 0 Å². The van der Waals surface area contributed by atoms with Crippen LogP contribution in [0.15, 0.2) is 18.5 Å². The van der Waals surface area contributed by atoms with Gasteiger partial charge < -0.3 is 19.7 Å². The molecule has 2 N–H and O–H groups in total. The molecule has 0 aliphatic carbocycles. The normalized spacial score (nSPS) is 18.7. The third kappa shape index (κ3) is 6.02. The van der Waals surface area contributed by atoms with Gasteiger partial charge in [0.15, 0.2) is 17.7 Å². The van der Waals surface area contributed by atoms with Crippen LogP contribution in [0.2, 0.25) is 0 Å². The van der Waals surface area contributed by atoms with Crippen molar-refractivity contribution in [2.45, 2.75) is 64.6 Å². The Balaban J connectivity index is 1.63. The van der Waals surface area contributed by atoms with Gasteiger partial charge in [-0.15, -0.1) is 0 Å². The molecule has 2 aromatic rings. The van der Waals surface area contributed by atoms with E-state index in [4.69, 9.17) is 9.47 Å². The van der Waals surface area contributed by atoms with Crippen molar-refractivity contribution >= 4 is 17.7 Å². The third-order valence-electron chi connectivity index (χ3n) is 4.54. The van der Waals surface area contributed by atoms with Crippen molar-refractivity contribution in [3.63, 3.8) is 0 Å². The van der Waals surface area contributed by atoms with Crippen LogP contribution >= 0.6 is 0 Å². The minimum atomic E-state index is -3.27. The van der Waals surface area contributed by atoms with E-state index < -0.39 is 30.3 Å². The van der Waals surface area contributed by atoms with Crippen molar-refractivity contribution in [3.8, 4) is 5.88 Å². The molecule has 9 nitrogen and oxygen atoms in total. The number of amides is 1. The van der Waals surface area contributed by atoms with E-state index in [1.807, 2.05) is 19.9 Å². The molecule has 3 heterocycles. The van der Waals surface area contributed by atoms with E-state index in [1.54, 1.807) is 20.8 Å². The Hall–Kier alpha value is -2.98. The SMILES string of the molecule is CC(C)c1cc(Nc2cncc(OC3CCN(C(=O)OC(C)(C)C)CC3(F)F)n2)n[nH]1. The van der Waals surface area contributed by atoms with Crippen LogP contribution in [0.4, 0.5) is 25.2 Å². The first-order valence-corrected chi connectivity index (χ1v) is 10.1. The molecule has 11 heteroatoms. The zero-order chi connectivity index (χ0) is 22.8. The van der Waals surface area contributed by atoms with Crippen molar-refractivity contribution in [1.82, 2.24) is 25.1 Å². The lowest BCUT2D eigenvalue weighted by Gasteiger charge is -2.38. The van der Waals surface area contributed by atoms with E-state index in [1.165, 1.54) is 12.4 Å². The fourth-order valence-electron chi connectivity index (χ4n) is 2.99. The van der Waals surface area contributed by atoms with E-state index in [-0.39, 0.29) is 24.8 Å². The number of nitrogens with one attached hydrogen (secondary N) is 2. The fourth-order valence-corrected chi connectivity index (χ4v) is 2.99. The van der Waals surface area contributed by atoms with Crippen LogP contribution < -0.4 is 10.1 Å². The lowest BCUT2D eigenvalue weighted by Crippen LogP contribution is -2.56. The monoisotopic (exact) mass is 438 g/mol. The second-order valence-corrected chi connectivity index (χ2v) is 8.79. The van der Waals surface area contributed by atoms with Crippen molar-refractivity contribution < 1.29 is 23.0 Å². The lowest BCUT2D eigenvalue weighted by molar-refractivity contribution is -0.138. The van der Waals surface area contributed by atoms with E-state index in [0.29, 0.717) is 11.6 Å². The fraction of sp³-hybridized carbons (Fsp3) is 0.600. The molecule has 0 spiro atoms. The van der Waals surface area contributed by atoms with E-state index in [9.17, 15) is 13.6 Å². The van der Waals surface area contributed by atoms with Crippen LogP contribution in [0.3, 0.4) is 0 Å². The van der Waals surface area contributed by atoms with Crippen molar-refractivity contribution in [2.75, 3.05) is 18.4 Å². The van der Waals surface area contributed by atoms with Gasteiger partial charge in [0.1, 0.15) is 5.60 Å². The summed E-state index contributed by atoms with van der Waals surface area (Å²) in [5.41, 5.74) is 0.187. The summed E-state index contributed by atoms with van der Waals surface area (Å²) in [6.07, 6.45) is 0.443. The minimum absolute atomic E-state index is 0.0417. The maximum atomic E-state index is 14.7. The molecule has 170 valence electrons. The number of halogens is 2. The number of rotatable bonds is 5. The molecule has 1 fully saturated rings. The van der Waals surface area contributed by atoms with Gasteiger partial charge in [0.2, 0.25) is 5.88 Å². The highest BCUT2D eigenvalue weighted by molar-refractivity contribution is 5.68. The van der Waals surface area contributed by atoms with Crippen molar-refractivity contribution in [1.29, 1.82) is 0 Å². The number of alkyl halides is 2. The molecule has 0 saturated carbocycles. The summed E-state index contributed by atoms with van der Waals surface area (Å²) in [5.74, 6) is -2.19. The number of anilines is 2. The average Bonchev–Trinajstić information content (AvgIpc) is 3.11. The van der Waals surface area contributed by atoms with Gasteiger partial charge in [0.25, 0.3) is 0 Å². The predicted octanol–water partition coefficient (Wildman–Crippen LogP) is 4.09. The Labute approximate surface area is 179 Å². The number of aromatic amines is 1. The lowest BCUT2D eigenvalue weighted by atomic mass is 10.0. The average molecular weight is 438 g/mol. The van der Waals surface area contributed by atoms with Gasteiger partial charge in [0, 0.05) is 24.7 Å². The number of piperidine rings is 1. The Morgan fingerprint density at radius 2 is 2.06 bits per heavy atom. The standard InChI is InChI=1S/C20H28F2N6O3/c1-12(2)13-8-15(27-26-13)24-16-9-23-10-17(25-16)30-14-6-7-28(11-20(14,21)22)18(29)31-19(3,4)5/h8-10,12,14H,6-7,11H2,1-5H3,(H2,24,25,26,27). The van der Waals surface area contributed by atoms with Gasteiger partial charge in [-0.2, -0.15) is 10.1 Å². The first kappa shape index (κ1) is 22.7. The van der Waals surface area contributed by atoms with Crippen molar-refractivity contribution in [2.24, 2.45) is 0 Å². The number of carbonyl (C=O) groups excluding carboxylic acids is 1. The molecule has 1 atom stereocenters. The summed E-state index contributed by atoms with van der Waals surface area (Å²) in [5, 5.41) is 10.0. The number of hydrogen-bond acceptors (Lipinski definition) is 7. The molecular weight excluding hydrogens is 410 g/mol. The molecular formula is C20H28F2N6O3. The number of aromatic nitrogens is 4. The zero-order valence-corrected chi connectivity index (χ0v) is 18.3. The van der Waals surface area contributed by atoms with Crippen LogP contribution in [0.1, 0.15) is 52.7 Å². The van der Waals surface area contributed by atoms with Crippen LogP contribution in [-0.4, -0.2) is 61.9 Å². The first-order valence-electron chi connectivity index (χ1n) is 10.1. The molecule has 1 aliphatic rings. The topological polar surface area (TPSA) is 105 Å². The Bertz CT molecular complexity index is 912. The number of carbonyl (C=O) groups is 1. The van der Waals surface area contributed by atoms with Crippen LogP contribution in [0, 0.1) is 0 Å². The Morgan fingerprint density at radius 3 is 2.68 bits per heavy atom. The summed E-state index contributed by atoms with van der Waals surface area (Å²) in [6.45, 7) is 8.41. The zero-order valence-electron chi connectivity index (χ0n) is 18.3. The van der Waals surface area contributed by atoms with Gasteiger partial charge in [0.05, 0.1) is 18.9 Å². The Morgan fingerprint density at radius 1 is 1.32 bits per heavy atom. The molecule has 1 aliphatic heterocycles. The van der Waals surface area contributed by atoms with Crippen molar-refractivity contribution in [3.05, 3.63) is 24.2 Å². The minimum Gasteiger partial charge on any atom is -0.467 e. The van der Waals surface area contributed by atoms with Gasteiger partial charge >= 0.3 is 12.0 Å². The molecule has 1 unspecified atom stereocenters. The second-order valence-electron chi connectivity index (χ2n) is 8.79. The summed E-state index contributed by atoms with van der Waals surface area (Å²) in [4.78, 5) is 21.3. The highest BCUT2D eigenvalue weighted by Crippen LogP contribution is 2.31. The molecule has 0 bridgehead atoms.